The van der Waals surface area contributed by atoms with Gasteiger partial charge in [0.05, 0.1) is 18.3 Å². The van der Waals surface area contributed by atoms with Crippen molar-refractivity contribution in [1.29, 1.82) is 0 Å². The molecule has 6 nitrogen and oxygen atoms in total. The molecule has 0 bridgehead atoms. The monoisotopic (exact) mass is 445 g/mol. The third-order valence-corrected chi connectivity index (χ3v) is 5.30. The summed E-state index contributed by atoms with van der Waals surface area (Å²) in [6.07, 6.45) is 4.89. The van der Waals surface area contributed by atoms with Gasteiger partial charge in [0, 0.05) is 22.5 Å². The van der Waals surface area contributed by atoms with E-state index in [1.165, 1.54) is 6.08 Å². The topological polar surface area (TPSA) is 74.1 Å². The van der Waals surface area contributed by atoms with Gasteiger partial charge < -0.3 is 4.74 Å². The SMILES string of the molecule is CCOC(=O)C(=Cc1ccccc1Cl)C(=O)c1ccc(-n2c(C)nc3cnccc32)cc1. The number of imidazole rings is 1. The highest BCUT2D eigenvalue weighted by Crippen LogP contribution is 2.23. The standard InChI is InChI=1S/C25H20ClN3O3/c1-3-32-25(31)20(14-18-6-4-5-7-21(18)26)24(30)17-8-10-19(11-9-17)29-16(2)28-22-15-27-13-12-23(22)29/h4-15H,3H2,1-2H3. The Labute approximate surface area is 190 Å². The molecule has 2 aromatic heterocycles. The summed E-state index contributed by atoms with van der Waals surface area (Å²) in [5.74, 6) is -0.324. The van der Waals surface area contributed by atoms with Gasteiger partial charge in [-0.1, -0.05) is 29.8 Å². The van der Waals surface area contributed by atoms with Gasteiger partial charge in [-0.3, -0.25) is 14.3 Å². The van der Waals surface area contributed by atoms with Crippen molar-refractivity contribution >= 4 is 40.5 Å². The average Bonchev–Trinajstić information content (AvgIpc) is 3.14. The number of fused-ring (bicyclic) bond motifs is 1. The molecule has 0 saturated carbocycles. The molecule has 7 heteroatoms. The lowest BCUT2D eigenvalue weighted by atomic mass is 10.0. The summed E-state index contributed by atoms with van der Waals surface area (Å²) in [5.41, 5.74) is 3.41. The van der Waals surface area contributed by atoms with E-state index in [-0.39, 0.29) is 12.2 Å². The van der Waals surface area contributed by atoms with Crippen LogP contribution in [0.4, 0.5) is 0 Å². The number of Topliss-reactive ketones (excluding diaryl/α,β-unsaturated/α-hetero) is 1. The lowest BCUT2D eigenvalue weighted by Gasteiger charge is -2.10. The van der Waals surface area contributed by atoms with E-state index in [0.717, 1.165) is 22.5 Å². The van der Waals surface area contributed by atoms with E-state index in [9.17, 15) is 9.59 Å². The molecule has 0 aliphatic rings. The van der Waals surface area contributed by atoms with Gasteiger partial charge >= 0.3 is 5.97 Å². The summed E-state index contributed by atoms with van der Waals surface area (Å²) in [4.78, 5) is 34.4. The summed E-state index contributed by atoms with van der Waals surface area (Å²) in [6, 6.07) is 15.9. The first kappa shape index (κ1) is 21.5. The predicted molar refractivity (Wildman–Crippen MR) is 124 cm³/mol. The van der Waals surface area contributed by atoms with Crippen LogP contribution < -0.4 is 0 Å². The molecule has 0 radical (unpaired) electrons. The molecule has 0 aliphatic carbocycles. The number of rotatable bonds is 6. The van der Waals surface area contributed by atoms with E-state index in [4.69, 9.17) is 16.3 Å². The fourth-order valence-electron chi connectivity index (χ4n) is 3.47. The van der Waals surface area contributed by atoms with Crippen LogP contribution in [-0.2, 0) is 9.53 Å². The summed E-state index contributed by atoms with van der Waals surface area (Å²) in [5, 5.41) is 0.439. The van der Waals surface area contributed by atoms with Crippen LogP contribution in [0.2, 0.25) is 5.02 Å². The largest absolute Gasteiger partial charge is 0.462 e. The van der Waals surface area contributed by atoms with E-state index in [2.05, 4.69) is 9.97 Å². The molecular weight excluding hydrogens is 426 g/mol. The van der Waals surface area contributed by atoms with Crippen LogP contribution in [0.3, 0.4) is 0 Å². The van der Waals surface area contributed by atoms with Crippen LogP contribution in [0.5, 0.6) is 0 Å². The number of carbonyl (C=O) groups excluding carboxylic acids is 2. The minimum Gasteiger partial charge on any atom is -0.462 e. The molecule has 160 valence electrons. The van der Waals surface area contributed by atoms with Crippen molar-refractivity contribution in [3.05, 3.63) is 94.5 Å². The van der Waals surface area contributed by atoms with E-state index in [1.54, 1.807) is 55.7 Å². The Morgan fingerprint density at radius 2 is 1.84 bits per heavy atom. The van der Waals surface area contributed by atoms with Crippen molar-refractivity contribution in [1.82, 2.24) is 14.5 Å². The van der Waals surface area contributed by atoms with Crippen LogP contribution in [-0.4, -0.2) is 32.9 Å². The maximum atomic E-state index is 13.2. The van der Waals surface area contributed by atoms with Crippen LogP contribution >= 0.6 is 11.6 Å². The first-order valence-electron chi connectivity index (χ1n) is 10.1. The molecule has 32 heavy (non-hydrogen) atoms. The first-order valence-corrected chi connectivity index (χ1v) is 10.4. The molecular formula is C25H20ClN3O3. The number of halogens is 1. The zero-order valence-corrected chi connectivity index (χ0v) is 18.3. The second-order valence-electron chi connectivity index (χ2n) is 7.03. The quantitative estimate of drug-likeness (QED) is 0.134. The van der Waals surface area contributed by atoms with Gasteiger partial charge in [-0.2, -0.15) is 0 Å². The molecule has 0 amide bonds. The van der Waals surface area contributed by atoms with E-state index in [0.29, 0.717) is 16.1 Å². The Morgan fingerprint density at radius 1 is 1.09 bits per heavy atom. The Hall–Kier alpha value is -3.77. The summed E-state index contributed by atoms with van der Waals surface area (Å²) in [7, 11) is 0. The molecule has 0 aliphatic heterocycles. The number of esters is 1. The summed E-state index contributed by atoms with van der Waals surface area (Å²) >= 11 is 6.22. The highest BCUT2D eigenvalue weighted by molar-refractivity contribution is 6.33. The van der Waals surface area contributed by atoms with Crippen molar-refractivity contribution in [2.75, 3.05) is 6.61 Å². The maximum absolute atomic E-state index is 13.2. The van der Waals surface area contributed by atoms with Crippen molar-refractivity contribution in [3.8, 4) is 5.69 Å². The Kier molecular flexibility index (Phi) is 6.14. The first-order chi connectivity index (χ1) is 15.5. The third kappa shape index (κ3) is 4.18. The normalized spacial score (nSPS) is 11.5. The minimum atomic E-state index is -0.689. The Balaban J connectivity index is 1.71. The van der Waals surface area contributed by atoms with E-state index >= 15 is 0 Å². The molecule has 2 aromatic carbocycles. The smallest absolute Gasteiger partial charge is 0.342 e. The van der Waals surface area contributed by atoms with Gasteiger partial charge in [0.15, 0.2) is 5.78 Å². The van der Waals surface area contributed by atoms with Crippen LogP contribution in [0.25, 0.3) is 22.8 Å². The number of benzene rings is 2. The van der Waals surface area contributed by atoms with Gasteiger partial charge in [-0.15, -0.1) is 0 Å². The highest BCUT2D eigenvalue weighted by Gasteiger charge is 2.22. The second kappa shape index (κ2) is 9.16. The summed E-state index contributed by atoms with van der Waals surface area (Å²) < 4.78 is 7.10. The molecule has 4 aromatic rings. The number of aromatic nitrogens is 3. The Morgan fingerprint density at radius 3 is 2.56 bits per heavy atom. The second-order valence-corrected chi connectivity index (χ2v) is 7.44. The molecule has 2 heterocycles. The minimum absolute atomic E-state index is 0.0805. The highest BCUT2D eigenvalue weighted by atomic mass is 35.5. The number of hydrogen-bond donors (Lipinski definition) is 0. The number of nitrogens with zero attached hydrogens (tertiary/aromatic N) is 3. The number of pyridine rings is 1. The molecule has 0 fully saturated rings. The van der Waals surface area contributed by atoms with Crippen molar-refractivity contribution in [2.24, 2.45) is 0 Å². The molecule has 4 rings (SSSR count). The zero-order valence-electron chi connectivity index (χ0n) is 17.6. The molecule has 0 saturated heterocycles. The van der Waals surface area contributed by atoms with Gasteiger partial charge in [-0.05, 0) is 61.9 Å². The fourth-order valence-corrected chi connectivity index (χ4v) is 3.66. The molecule has 0 N–H and O–H groups in total. The van der Waals surface area contributed by atoms with Gasteiger partial charge in [0.1, 0.15) is 16.9 Å². The van der Waals surface area contributed by atoms with Crippen LogP contribution in [0.1, 0.15) is 28.7 Å². The summed E-state index contributed by atoms with van der Waals surface area (Å²) in [6.45, 7) is 3.76. The molecule has 0 unspecified atom stereocenters. The lowest BCUT2D eigenvalue weighted by Crippen LogP contribution is -2.16. The van der Waals surface area contributed by atoms with Crippen molar-refractivity contribution in [3.63, 3.8) is 0 Å². The average molecular weight is 446 g/mol. The lowest BCUT2D eigenvalue weighted by molar-refractivity contribution is -0.137. The third-order valence-electron chi connectivity index (χ3n) is 4.96. The number of ketones is 1. The fraction of sp³-hybridized carbons (Fsp3) is 0.120. The zero-order chi connectivity index (χ0) is 22.7. The van der Waals surface area contributed by atoms with Gasteiger partial charge in [-0.25, -0.2) is 9.78 Å². The predicted octanol–water partition coefficient (Wildman–Crippen LogP) is 5.21. The molecule has 0 atom stereocenters. The number of hydrogen-bond acceptors (Lipinski definition) is 5. The van der Waals surface area contributed by atoms with E-state index < -0.39 is 11.8 Å². The van der Waals surface area contributed by atoms with Gasteiger partial charge in [0.2, 0.25) is 0 Å². The number of ether oxygens (including phenoxy) is 1. The Bertz CT molecular complexity index is 1340. The van der Waals surface area contributed by atoms with Gasteiger partial charge in [0.25, 0.3) is 0 Å². The maximum Gasteiger partial charge on any atom is 0.342 e. The van der Waals surface area contributed by atoms with Crippen molar-refractivity contribution < 1.29 is 14.3 Å². The number of carbonyl (C=O) groups is 2. The van der Waals surface area contributed by atoms with E-state index in [1.807, 2.05) is 29.7 Å². The van der Waals surface area contributed by atoms with Crippen molar-refractivity contribution in [2.45, 2.75) is 13.8 Å². The number of aryl methyl sites for hydroxylation is 1. The van der Waals surface area contributed by atoms with Crippen LogP contribution in [0.15, 0.2) is 72.6 Å². The van der Waals surface area contributed by atoms with Crippen LogP contribution in [0, 0.1) is 6.92 Å². The molecule has 0 spiro atoms.